The summed E-state index contributed by atoms with van der Waals surface area (Å²) in [4.78, 5) is 27.8. The predicted octanol–water partition coefficient (Wildman–Crippen LogP) is 6.23. The molecule has 0 aliphatic rings. The second-order valence-corrected chi connectivity index (χ2v) is 7.76. The van der Waals surface area contributed by atoms with Gasteiger partial charge in [-0.25, -0.2) is 4.98 Å². The van der Waals surface area contributed by atoms with E-state index in [1.807, 2.05) is 45.0 Å². The van der Waals surface area contributed by atoms with E-state index < -0.39 is 10.8 Å². The molecule has 156 valence electrons. The van der Waals surface area contributed by atoms with Gasteiger partial charge in [0.25, 0.3) is 11.6 Å². The number of anilines is 1. The molecule has 1 N–H and O–H groups in total. The average Bonchev–Trinajstić information content (AvgIpc) is 3.14. The van der Waals surface area contributed by atoms with E-state index in [-0.39, 0.29) is 16.3 Å². The van der Waals surface area contributed by atoms with Crippen LogP contribution in [0.5, 0.6) is 0 Å². The lowest BCUT2D eigenvalue weighted by atomic mass is 10.1. The molecule has 0 fully saturated rings. The highest BCUT2D eigenvalue weighted by Crippen LogP contribution is 2.31. The number of hydrogen-bond donors (Lipinski definition) is 1. The molecule has 1 aromatic heterocycles. The van der Waals surface area contributed by atoms with E-state index in [9.17, 15) is 14.9 Å². The lowest BCUT2D eigenvalue weighted by Crippen LogP contribution is -2.13. The monoisotopic (exact) mass is 435 g/mol. The number of fused-ring (bicyclic) bond motifs is 1. The van der Waals surface area contributed by atoms with Crippen LogP contribution in [0, 0.1) is 30.9 Å². The molecule has 1 heterocycles. The van der Waals surface area contributed by atoms with Gasteiger partial charge < -0.3 is 9.73 Å². The number of halogens is 1. The Morgan fingerprint density at radius 2 is 1.84 bits per heavy atom. The smallest absolute Gasteiger partial charge is 0.288 e. The van der Waals surface area contributed by atoms with Crippen LogP contribution in [-0.4, -0.2) is 15.8 Å². The van der Waals surface area contributed by atoms with Crippen molar-refractivity contribution < 1.29 is 14.1 Å². The van der Waals surface area contributed by atoms with Crippen LogP contribution in [0.25, 0.3) is 22.6 Å². The maximum atomic E-state index is 12.7. The Morgan fingerprint density at radius 1 is 1.06 bits per heavy atom. The third kappa shape index (κ3) is 4.00. The lowest BCUT2D eigenvalue weighted by molar-refractivity contribution is -0.384. The largest absolute Gasteiger partial charge is 0.436 e. The predicted molar refractivity (Wildman–Crippen MR) is 120 cm³/mol. The van der Waals surface area contributed by atoms with Crippen molar-refractivity contribution in [3.63, 3.8) is 0 Å². The molecule has 0 spiro atoms. The number of nitro groups is 1. The van der Waals surface area contributed by atoms with Gasteiger partial charge in [-0.3, -0.25) is 14.9 Å². The van der Waals surface area contributed by atoms with E-state index in [4.69, 9.17) is 16.0 Å². The zero-order valence-corrected chi connectivity index (χ0v) is 17.8. The van der Waals surface area contributed by atoms with Gasteiger partial charge in [0, 0.05) is 22.9 Å². The van der Waals surface area contributed by atoms with Crippen LogP contribution >= 0.6 is 11.6 Å². The van der Waals surface area contributed by atoms with Gasteiger partial charge in [0.2, 0.25) is 5.89 Å². The van der Waals surface area contributed by atoms with Gasteiger partial charge in [-0.1, -0.05) is 23.7 Å². The Bertz CT molecular complexity index is 1360. The fourth-order valence-corrected chi connectivity index (χ4v) is 3.56. The summed E-state index contributed by atoms with van der Waals surface area (Å²) in [7, 11) is 0. The number of aromatic nitrogens is 1. The molecule has 7 nitrogen and oxygen atoms in total. The number of nitrogens with one attached hydrogen (secondary N) is 1. The quantitative estimate of drug-likeness (QED) is 0.302. The van der Waals surface area contributed by atoms with Gasteiger partial charge >= 0.3 is 0 Å². The molecule has 3 aromatic carbocycles. The number of nitrogens with zero attached hydrogens (tertiary/aromatic N) is 2. The van der Waals surface area contributed by atoms with Crippen molar-refractivity contribution in [2.75, 3.05) is 5.32 Å². The molecule has 0 bridgehead atoms. The number of aryl methyl sites for hydroxylation is 3. The van der Waals surface area contributed by atoms with Gasteiger partial charge in [0.05, 0.1) is 4.92 Å². The SMILES string of the molecule is Cc1cc(C)c2oc(-c3ccc(C)c(NC(=O)c4ccc(Cl)c([N+](=O)[O-])c4)c3)nc2c1. The van der Waals surface area contributed by atoms with Crippen LogP contribution < -0.4 is 5.32 Å². The second-order valence-electron chi connectivity index (χ2n) is 7.36. The normalized spacial score (nSPS) is 11.0. The molecule has 0 saturated carbocycles. The highest BCUT2D eigenvalue weighted by Gasteiger charge is 2.18. The summed E-state index contributed by atoms with van der Waals surface area (Å²) in [5.41, 5.74) is 5.48. The van der Waals surface area contributed by atoms with Crippen molar-refractivity contribution in [2.45, 2.75) is 20.8 Å². The van der Waals surface area contributed by atoms with Crippen LogP contribution in [0.4, 0.5) is 11.4 Å². The van der Waals surface area contributed by atoms with E-state index in [1.54, 1.807) is 6.07 Å². The summed E-state index contributed by atoms with van der Waals surface area (Å²) < 4.78 is 5.97. The molecule has 4 rings (SSSR count). The topological polar surface area (TPSA) is 98.3 Å². The highest BCUT2D eigenvalue weighted by molar-refractivity contribution is 6.32. The third-order valence-corrected chi connectivity index (χ3v) is 5.28. The van der Waals surface area contributed by atoms with Gasteiger partial charge in [-0.05, 0) is 67.8 Å². The van der Waals surface area contributed by atoms with Crippen molar-refractivity contribution >= 4 is 40.0 Å². The molecular formula is C23H18ClN3O4. The Morgan fingerprint density at radius 3 is 2.58 bits per heavy atom. The summed E-state index contributed by atoms with van der Waals surface area (Å²) in [5, 5.41) is 13.9. The third-order valence-electron chi connectivity index (χ3n) is 4.96. The van der Waals surface area contributed by atoms with Gasteiger partial charge in [-0.15, -0.1) is 0 Å². The van der Waals surface area contributed by atoms with E-state index in [2.05, 4.69) is 10.3 Å². The zero-order valence-electron chi connectivity index (χ0n) is 17.0. The maximum absolute atomic E-state index is 12.7. The van der Waals surface area contributed by atoms with Gasteiger partial charge in [0.15, 0.2) is 5.58 Å². The minimum Gasteiger partial charge on any atom is -0.436 e. The van der Waals surface area contributed by atoms with Crippen molar-refractivity contribution in [3.05, 3.63) is 85.9 Å². The Balaban J connectivity index is 1.67. The van der Waals surface area contributed by atoms with Crippen molar-refractivity contribution in [2.24, 2.45) is 0 Å². The van der Waals surface area contributed by atoms with Crippen LogP contribution in [0.3, 0.4) is 0 Å². The number of carbonyl (C=O) groups is 1. The number of hydrogen-bond acceptors (Lipinski definition) is 5. The fraction of sp³-hybridized carbons (Fsp3) is 0.130. The molecule has 31 heavy (non-hydrogen) atoms. The summed E-state index contributed by atoms with van der Waals surface area (Å²) in [6, 6.07) is 13.4. The van der Waals surface area contributed by atoms with E-state index >= 15 is 0 Å². The first-order chi connectivity index (χ1) is 14.7. The van der Waals surface area contributed by atoms with Crippen LogP contribution in [0.2, 0.25) is 5.02 Å². The molecule has 8 heteroatoms. The number of oxazole rings is 1. The maximum Gasteiger partial charge on any atom is 0.288 e. The number of amides is 1. The highest BCUT2D eigenvalue weighted by atomic mass is 35.5. The molecule has 0 radical (unpaired) electrons. The average molecular weight is 436 g/mol. The van der Waals surface area contributed by atoms with Crippen LogP contribution in [0.15, 0.2) is 52.9 Å². The van der Waals surface area contributed by atoms with Crippen LogP contribution in [-0.2, 0) is 0 Å². The molecule has 0 atom stereocenters. The first-order valence-electron chi connectivity index (χ1n) is 9.47. The first-order valence-corrected chi connectivity index (χ1v) is 9.85. The molecule has 0 saturated heterocycles. The Labute approximate surface area is 182 Å². The lowest BCUT2D eigenvalue weighted by Gasteiger charge is -2.10. The van der Waals surface area contributed by atoms with Crippen molar-refractivity contribution in [1.29, 1.82) is 0 Å². The van der Waals surface area contributed by atoms with E-state index in [1.165, 1.54) is 12.1 Å². The molecular weight excluding hydrogens is 418 g/mol. The van der Waals surface area contributed by atoms with Crippen LogP contribution in [0.1, 0.15) is 27.0 Å². The molecule has 4 aromatic rings. The zero-order chi connectivity index (χ0) is 22.3. The van der Waals surface area contributed by atoms with Crippen molar-refractivity contribution in [3.8, 4) is 11.5 Å². The molecule has 0 unspecified atom stereocenters. The molecule has 0 aliphatic carbocycles. The van der Waals surface area contributed by atoms with E-state index in [0.717, 1.165) is 33.9 Å². The summed E-state index contributed by atoms with van der Waals surface area (Å²) >= 11 is 5.83. The van der Waals surface area contributed by atoms with E-state index in [0.29, 0.717) is 17.1 Å². The number of carbonyl (C=O) groups excluding carboxylic acids is 1. The number of rotatable bonds is 4. The Hall–Kier alpha value is -3.71. The minimum absolute atomic E-state index is 0.0266. The summed E-state index contributed by atoms with van der Waals surface area (Å²) in [5.74, 6) is -0.0367. The standard InChI is InChI=1S/C23H18ClN3O4/c1-12-8-14(3)21-19(9-12)26-23(31-21)16-5-4-13(2)18(10-16)25-22(28)15-6-7-17(24)20(11-15)27(29)30/h4-11H,1-3H3,(H,25,28). The number of benzene rings is 3. The van der Waals surface area contributed by atoms with Gasteiger partial charge in [0.1, 0.15) is 10.5 Å². The molecule has 0 aliphatic heterocycles. The first kappa shape index (κ1) is 20.6. The molecule has 1 amide bonds. The minimum atomic E-state index is -0.623. The van der Waals surface area contributed by atoms with Gasteiger partial charge in [-0.2, -0.15) is 0 Å². The summed E-state index contributed by atoms with van der Waals surface area (Å²) in [6.07, 6.45) is 0. The second kappa shape index (κ2) is 7.85. The summed E-state index contributed by atoms with van der Waals surface area (Å²) in [6.45, 7) is 5.82. The number of nitro benzene ring substituents is 1. The fourth-order valence-electron chi connectivity index (χ4n) is 3.38. The Kier molecular flexibility index (Phi) is 5.20. The van der Waals surface area contributed by atoms with Crippen molar-refractivity contribution in [1.82, 2.24) is 4.98 Å².